The maximum Gasteiger partial charge on any atom is 0.252 e. The largest absolute Gasteiger partial charge is 0.326 e. The Kier molecular flexibility index (Phi) is 4.42. The molecule has 136 valence electrons. The molecule has 26 heavy (non-hydrogen) atoms. The molecule has 0 aliphatic heterocycles. The number of carbonyl (C=O) groups excluding carboxylic acids is 1. The quantitative estimate of drug-likeness (QED) is 0.687. The summed E-state index contributed by atoms with van der Waals surface area (Å²) in [5.74, 6) is -0.784. The van der Waals surface area contributed by atoms with Gasteiger partial charge in [0.25, 0.3) is 5.78 Å². The average molecular weight is 378 g/mol. The summed E-state index contributed by atoms with van der Waals surface area (Å²) in [6.07, 6.45) is -0.191. The predicted molar refractivity (Wildman–Crippen MR) is 90.4 cm³/mol. The molecule has 11 heteroatoms. The Labute approximate surface area is 148 Å². The third kappa shape index (κ3) is 3.83. The molecule has 0 unspecified atom stereocenters. The number of halogens is 1. The van der Waals surface area contributed by atoms with Gasteiger partial charge in [-0.05, 0) is 38.1 Å². The molecule has 3 rings (SSSR count). The molecule has 0 aliphatic carbocycles. The van der Waals surface area contributed by atoms with E-state index in [9.17, 15) is 17.6 Å². The smallest absolute Gasteiger partial charge is 0.252 e. The van der Waals surface area contributed by atoms with Gasteiger partial charge in [0.2, 0.25) is 15.9 Å². The number of nitrogens with two attached hydrogens (primary N) is 1. The van der Waals surface area contributed by atoms with Crippen molar-refractivity contribution in [2.24, 2.45) is 5.14 Å². The normalized spacial score (nSPS) is 11.7. The van der Waals surface area contributed by atoms with Gasteiger partial charge in [0.05, 0.1) is 11.3 Å². The van der Waals surface area contributed by atoms with Gasteiger partial charge in [0, 0.05) is 17.1 Å². The van der Waals surface area contributed by atoms with Crippen molar-refractivity contribution in [3.8, 4) is 0 Å². The molecule has 0 radical (unpaired) electrons. The van der Waals surface area contributed by atoms with E-state index in [1.807, 2.05) is 19.9 Å². The van der Waals surface area contributed by atoms with Crippen molar-refractivity contribution >= 4 is 27.4 Å². The van der Waals surface area contributed by atoms with Gasteiger partial charge in [-0.1, -0.05) is 0 Å². The van der Waals surface area contributed by atoms with E-state index in [0.29, 0.717) is 5.78 Å². The van der Waals surface area contributed by atoms with E-state index in [4.69, 9.17) is 5.14 Å². The zero-order valence-corrected chi connectivity index (χ0v) is 14.7. The molecule has 1 amide bonds. The van der Waals surface area contributed by atoms with Crippen molar-refractivity contribution in [2.75, 3.05) is 5.32 Å². The van der Waals surface area contributed by atoms with Crippen LogP contribution in [-0.4, -0.2) is 33.9 Å². The fourth-order valence-corrected chi connectivity index (χ4v) is 3.00. The van der Waals surface area contributed by atoms with E-state index in [-0.39, 0.29) is 17.9 Å². The van der Waals surface area contributed by atoms with Crippen molar-refractivity contribution in [1.29, 1.82) is 0 Å². The Bertz CT molecular complexity index is 1130. The lowest BCUT2D eigenvalue weighted by atomic mass is 10.3. The van der Waals surface area contributed by atoms with Gasteiger partial charge in [-0.25, -0.2) is 27.4 Å². The number of rotatable bonds is 4. The predicted octanol–water partition coefficient (Wildman–Crippen LogP) is 0.709. The minimum absolute atomic E-state index is 0.0343. The summed E-state index contributed by atoms with van der Waals surface area (Å²) < 4.78 is 37.7. The summed E-state index contributed by atoms with van der Waals surface area (Å²) in [5, 5.41) is 11.6. The minimum atomic E-state index is -4.10. The van der Waals surface area contributed by atoms with Crippen LogP contribution in [0.5, 0.6) is 0 Å². The summed E-state index contributed by atoms with van der Waals surface area (Å²) in [6, 6.07) is 4.65. The van der Waals surface area contributed by atoms with E-state index in [1.165, 1.54) is 4.52 Å². The van der Waals surface area contributed by atoms with E-state index in [1.54, 1.807) is 0 Å². The summed E-state index contributed by atoms with van der Waals surface area (Å²) in [6.45, 7) is 3.66. The molecule has 0 aliphatic rings. The van der Waals surface area contributed by atoms with Gasteiger partial charge in [0.15, 0.2) is 5.82 Å². The van der Waals surface area contributed by atoms with Crippen LogP contribution in [0, 0.1) is 19.7 Å². The first kappa shape index (κ1) is 17.9. The van der Waals surface area contributed by atoms with Crippen LogP contribution >= 0.6 is 0 Å². The molecule has 3 N–H and O–H groups in total. The summed E-state index contributed by atoms with van der Waals surface area (Å²) in [7, 11) is -4.10. The van der Waals surface area contributed by atoms with Crippen LogP contribution in [0.25, 0.3) is 5.78 Å². The van der Waals surface area contributed by atoms with Gasteiger partial charge < -0.3 is 5.32 Å². The third-order valence-corrected chi connectivity index (χ3v) is 4.36. The van der Waals surface area contributed by atoms with Gasteiger partial charge in [0.1, 0.15) is 5.82 Å². The molecule has 2 aromatic heterocycles. The number of hydrogen-bond acceptors (Lipinski definition) is 6. The van der Waals surface area contributed by atoms with Gasteiger partial charge in [-0.3, -0.25) is 4.79 Å². The van der Waals surface area contributed by atoms with Crippen LogP contribution in [-0.2, 0) is 21.2 Å². The Morgan fingerprint density at radius 3 is 2.65 bits per heavy atom. The maximum absolute atomic E-state index is 13.5. The first-order chi connectivity index (χ1) is 12.1. The minimum Gasteiger partial charge on any atom is -0.326 e. The number of sulfonamides is 1. The van der Waals surface area contributed by atoms with Crippen LogP contribution in [0.4, 0.5) is 10.1 Å². The van der Waals surface area contributed by atoms with Crippen LogP contribution in [0.2, 0.25) is 0 Å². The SMILES string of the molecule is Cc1cc(C)n2nc(CC(=O)Nc3cc(F)cc(S(N)(=O)=O)c3)nc2n1. The van der Waals surface area contributed by atoms with Crippen molar-refractivity contribution in [2.45, 2.75) is 25.2 Å². The lowest BCUT2D eigenvalue weighted by Crippen LogP contribution is -2.17. The lowest BCUT2D eigenvalue weighted by molar-refractivity contribution is -0.115. The number of aromatic nitrogens is 4. The fourth-order valence-electron chi connectivity index (χ4n) is 2.43. The number of primary sulfonamides is 1. The highest BCUT2D eigenvalue weighted by Gasteiger charge is 2.15. The fraction of sp³-hybridized carbons (Fsp3) is 0.200. The maximum atomic E-state index is 13.5. The van der Waals surface area contributed by atoms with Crippen molar-refractivity contribution in [1.82, 2.24) is 19.6 Å². The molecule has 0 saturated heterocycles. The molecule has 0 saturated carbocycles. The Morgan fingerprint density at radius 2 is 1.96 bits per heavy atom. The van der Waals surface area contributed by atoms with Crippen molar-refractivity contribution in [3.63, 3.8) is 0 Å². The van der Waals surface area contributed by atoms with Gasteiger partial charge >= 0.3 is 0 Å². The standard InChI is InChI=1S/C15H15FN6O3S/c1-8-3-9(2)22-15(18-8)20-13(21-22)7-14(23)19-11-4-10(16)5-12(6-11)26(17,24)25/h3-6H,7H2,1-2H3,(H,19,23)(H2,17,24,25). The topological polar surface area (TPSA) is 132 Å². The molecular formula is C15H15FN6O3S. The number of anilines is 1. The monoisotopic (exact) mass is 378 g/mol. The number of fused-ring (bicyclic) bond motifs is 1. The number of nitrogens with one attached hydrogen (secondary N) is 1. The number of aryl methyl sites for hydroxylation is 2. The lowest BCUT2D eigenvalue weighted by Gasteiger charge is -2.06. The highest BCUT2D eigenvalue weighted by Crippen LogP contribution is 2.17. The van der Waals surface area contributed by atoms with E-state index < -0.39 is 26.6 Å². The van der Waals surface area contributed by atoms with Gasteiger partial charge in [-0.2, -0.15) is 4.98 Å². The first-order valence-corrected chi connectivity index (χ1v) is 8.99. The van der Waals surface area contributed by atoms with Crippen molar-refractivity contribution < 1.29 is 17.6 Å². The second-order valence-electron chi connectivity index (χ2n) is 5.72. The Hall–Kier alpha value is -2.92. The number of hydrogen-bond donors (Lipinski definition) is 2. The number of amides is 1. The number of nitrogens with zero attached hydrogens (tertiary/aromatic N) is 4. The number of benzene rings is 1. The van der Waals surface area contributed by atoms with Crippen molar-refractivity contribution in [3.05, 3.63) is 47.3 Å². The number of carbonyl (C=O) groups is 1. The Balaban J connectivity index is 1.81. The first-order valence-electron chi connectivity index (χ1n) is 7.45. The molecule has 0 fully saturated rings. The Morgan fingerprint density at radius 1 is 1.23 bits per heavy atom. The summed E-state index contributed by atoms with van der Waals surface area (Å²) in [5.41, 5.74) is 1.55. The second kappa shape index (κ2) is 6.42. The molecule has 0 bridgehead atoms. The third-order valence-electron chi connectivity index (χ3n) is 3.46. The zero-order valence-electron chi connectivity index (χ0n) is 13.9. The van der Waals surface area contributed by atoms with Crippen LogP contribution in [0.15, 0.2) is 29.2 Å². The van der Waals surface area contributed by atoms with E-state index in [2.05, 4.69) is 20.4 Å². The highest BCUT2D eigenvalue weighted by molar-refractivity contribution is 7.89. The molecular weight excluding hydrogens is 363 g/mol. The second-order valence-corrected chi connectivity index (χ2v) is 7.29. The van der Waals surface area contributed by atoms with Crippen LogP contribution < -0.4 is 10.5 Å². The molecule has 2 heterocycles. The molecule has 0 atom stereocenters. The molecule has 3 aromatic rings. The van der Waals surface area contributed by atoms with Crippen LogP contribution in [0.1, 0.15) is 17.2 Å². The highest BCUT2D eigenvalue weighted by atomic mass is 32.2. The van der Waals surface area contributed by atoms with E-state index in [0.717, 1.165) is 29.6 Å². The molecule has 0 spiro atoms. The molecule has 9 nitrogen and oxygen atoms in total. The van der Waals surface area contributed by atoms with E-state index >= 15 is 0 Å². The summed E-state index contributed by atoms with van der Waals surface area (Å²) >= 11 is 0. The van der Waals surface area contributed by atoms with Gasteiger partial charge in [-0.15, -0.1) is 5.10 Å². The zero-order chi connectivity index (χ0) is 19.1. The average Bonchev–Trinajstić information content (AvgIpc) is 2.88. The summed E-state index contributed by atoms with van der Waals surface area (Å²) in [4.78, 5) is 20.1. The van der Waals surface area contributed by atoms with Crippen LogP contribution in [0.3, 0.4) is 0 Å². The molecule has 1 aromatic carbocycles.